The Morgan fingerprint density at radius 1 is 1.27 bits per heavy atom. The van der Waals surface area contributed by atoms with Crippen molar-refractivity contribution in [2.75, 3.05) is 5.32 Å². The van der Waals surface area contributed by atoms with E-state index in [2.05, 4.69) is 5.32 Å². The smallest absolute Gasteiger partial charge is 0.265 e. The summed E-state index contributed by atoms with van der Waals surface area (Å²) >= 11 is 11.8. The second-order valence-electron chi connectivity index (χ2n) is 4.48. The Labute approximate surface area is 138 Å². The number of para-hydroxylation sites is 1. The maximum Gasteiger partial charge on any atom is 0.265 e. The van der Waals surface area contributed by atoms with E-state index in [9.17, 15) is 4.79 Å². The first kappa shape index (κ1) is 16.2. The van der Waals surface area contributed by atoms with Gasteiger partial charge in [0.05, 0.1) is 16.3 Å². The first-order valence-electron chi connectivity index (χ1n) is 6.43. The summed E-state index contributed by atoms with van der Waals surface area (Å²) in [6.45, 7) is 1.59. The number of carbonyl (C=O) groups is 1. The van der Waals surface area contributed by atoms with Crippen LogP contribution in [0.25, 0.3) is 0 Å². The topological polar surface area (TPSA) is 62.1 Å². The highest BCUT2D eigenvalue weighted by molar-refractivity contribution is 6.35. The van der Waals surface area contributed by atoms with Gasteiger partial charge in [-0.05, 0) is 37.3 Å². The summed E-state index contributed by atoms with van der Waals surface area (Å²) in [4.78, 5) is 12.1. The quantitative estimate of drug-likeness (QED) is 0.907. The molecule has 1 atom stereocenters. The van der Waals surface area contributed by atoms with E-state index >= 15 is 0 Å². The predicted molar refractivity (Wildman–Crippen MR) is 86.3 cm³/mol. The molecule has 4 nitrogen and oxygen atoms in total. The lowest BCUT2D eigenvalue weighted by molar-refractivity contribution is -0.122. The Balaban J connectivity index is 2.08. The summed E-state index contributed by atoms with van der Waals surface area (Å²) in [5, 5.41) is 12.5. The van der Waals surface area contributed by atoms with E-state index in [1.807, 2.05) is 6.07 Å². The van der Waals surface area contributed by atoms with Crippen molar-refractivity contribution in [1.82, 2.24) is 0 Å². The highest BCUT2D eigenvalue weighted by atomic mass is 35.5. The van der Waals surface area contributed by atoms with Gasteiger partial charge in [-0.25, -0.2) is 0 Å². The number of ether oxygens (including phenoxy) is 1. The van der Waals surface area contributed by atoms with Crippen molar-refractivity contribution >= 4 is 34.8 Å². The SMILES string of the molecule is C[C@H](Oc1ccc(Cl)cc1Cl)C(=O)Nc1ccccc1C#N. The predicted octanol–water partition coefficient (Wildman–Crippen LogP) is 4.27. The molecule has 0 saturated heterocycles. The summed E-state index contributed by atoms with van der Waals surface area (Å²) in [5.74, 6) is -0.0176. The zero-order chi connectivity index (χ0) is 16.1. The van der Waals surface area contributed by atoms with Gasteiger partial charge < -0.3 is 10.1 Å². The van der Waals surface area contributed by atoms with Crippen molar-refractivity contribution < 1.29 is 9.53 Å². The van der Waals surface area contributed by atoms with Crippen LogP contribution in [0.2, 0.25) is 10.0 Å². The number of nitrogens with one attached hydrogen (secondary N) is 1. The third-order valence-electron chi connectivity index (χ3n) is 2.87. The van der Waals surface area contributed by atoms with Gasteiger partial charge in [0.2, 0.25) is 0 Å². The number of anilines is 1. The fraction of sp³-hybridized carbons (Fsp3) is 0.125. The van der Waals surface area contributed by atoms with E-state index < -0.39 is 6.10 Å². The van der Waals surface area contributed by atoms with Gasteiger partial charge in [0, 0.05) is 5.02 Å². The van der Waals surface area contributed by atoms with Gasteiger partial charge in [0.15, 0.2) is 6.10 Å². The van der Waals surface area contributed by atoms with Crippen LogP contribution in [0.5, 0.6) is 5.75 Å². The minimum absolute atomic E-state index is 0.324. The molecule has 6 heteroatoms. The lowest BCUT2D eigenvalue weighted by Gasteiger charge is -2.16. The second kappa shape index (κ2) is 7.17. The van der Waals surface area contributed by atoms with E-state index in [0.717, 1.165) is 0 Å². The van der Waals surface area contributed by atoms with Gasteiger partial charge in [-0.15, -0.1) is 0 Å². The highest BCUT2D eigenvalue weighted by Gasteiger charge is 2.17. The first-order valence-corrected chi connectivity index (χ1v) is 7.18. The molecule has 0 aliphatic rings. The summed E-state index contributed by atoms with van der Waals surface area (Å²) in [6, 6.07) is 13.5. The van der Waals surface area contributed by atoms with Crippen LogP contribution in [0.4, 0.5) is 5.69 Å². The number of hydrogen-bond donors (Lipinski definition) is 1. The second-order valence-corrected chi connectivity index (χ2v) is 5.33. The molecule has 0 aliphatic heterocycles. The maximum absolute atomic E-state index is 12.1. The molecular weight excluding hydrogens is 323 g/mol. The number of amides is 1. The third-order valence-corrected chi connectivity index (χ3v) is 3.40. The molecule has 1 N–H and O–H groups in total. The minimum atomic E-state index is -0.787. The molecule has 112 valence electrons. The van der Waals surface area contributed by atoms with Crippen molar-refractivity contribution in [3.8, 4) is 11.8 Å². The number of hydrogen-bond acceptors (Lipinski definition) is 3. The van der Waals surface area contributed by atoms with E-state index in [0.29, 0.717) is 27.0 Å². The number of nitriles is 1. The van der Waals surface area contributed by atoms with Crippen molar-refractivity contribution in [1.29, 1.82) is 5.26 Å². The molecule has 0 radical (unpaired) electrons. The molecule has 2 aromatic rings. The van der Waals surface area contributed by atoms with Crippen LogP contribution in [0, 0.1) is 11.3 Å². The average Bonchev–Trinajstić information content (AvgIpc) is 2.50. The van der Waals surface area contributed by atoms with Gasteiger partial charge in [0.1, 0.15) is 11.8 Å². The molecule has 0 unspecified atom stereocenters. The highest BCUT2D eigenvalue weighted by Crippen LogP contribution is 2.28. The zero-order valence-electron chi connectivity index (χ0n) is 11.6. The van der Waals surface area contributed by atoms with Gasteiger partial charge in [-0.1, -0.05) is 35.3 Å². The molecule has 0 spiro atoms. The number of benzene rings is 2. The largest absolute Gasteiger partial charge is 0.479 e. The number of halogens is 2. The molecule has 0 aromatic heterocycles. The van der Waals surface area contributed by atoms with Gasteiger partial charge in [-0.3, -0.25) is 4.79 Å². The van der Waals surface area contributed by atoms with Crippen LogP contribution in [0.1, 0.15) is 12.5 Å². The lowest BCUT2D eigenvalue weighted by atomic mass is 10.2. The maximum atomic E-state index is 12.1. The van der Waals surface area contributed by atoms with Crippen LogP contribution in [0.15, 0.2) is 42.5 Å². The minimum Gasteiger partial charge on any atom is -0.479 e. The van der Waals surface area contributed by atoms with E-state index in [1.165, 1.54) is 6.07 Å². The molecular formula is C16H12Cl2N2O2. The Morgan fingerprint density at radius 2 is 2.00 bits per heavy atom. The summed E-state index contributed by atoms with van der Waals surface area (Å²) in [7, 11) is 0. The van der Waals surface area contributed by atoms with Crippen molar-refractivity contribution in [2.24, 2.45) is 0 Å². The zero-order valence-corrected chi connectivity index (χ0v) is 13.2. The molecule has 1 amide bonds. The molecule has 0 heterocycles. The Bertz CT molecular complexity index is 741. The number of carbonyl (C=O) groups excluding carboxylic acids is 1. The molecule has 0 bridgehead atoms. The molecule has 0 aliphatic carbocycles. The summed E-state index contributed by atoms with van der Waals surface area (Å²) in [5.41, 5.74) is 0.820. The van der Waals surface area contributed by atoms with Crippen LogP contribution in [-0.4, -0.2) is 12.0 Å². The number of nitrogens with zero attached hydrogens (tertiary/aromatic N) is 1. The molecule has 2 aromatic carbocycles. The van der Waals surface area contributed by atoms with Gasteiger partial charge in [0.25, 0.3) is 5.91 Å². The third kappa shape index (κ3) is 3.91. The van der Waals surface area contributed by atoms with Gasteiger partial charge >= 0.3 is 0 Å². The first-order chi connectivity index (χ1) is 10.5. The van der Waals surface area contributed by atoms with Crippen LogP contribution >= 0.6 is 23.2 Å². The van der Waals surface area contributed by atoms with Crippen LogP contribution in [-0.2, 0) is 4.79 Å². The standard InChI is InChI=1S/C16H12Cl2N2O2/c1-10(22-15-7-6-12(17)8-13(15)18)16(21)20-14-5-3-2-4-11(14)9-19/h2-8,10H,1H3,(H,20,21)/t10-/m0/s1. The van der Waals surface area contributed by atoms with E-state index in [4.69, 9.17) is 33.2 Å². The summed E-state index contributed by atoms with van der Waals surface area (Å²) < 4.78 is 5.52. The molecule has 22 heavy (non-hydrogen) atoms. The van der Waals surface area contributed by atoms with Gasteiger partial charge in [-0.2, -0.15) is 5.26 Å². The fourth-order valence-corrected chi connectivity index (χ4v) is 2.19. The summed E-state index contributed by atoms with van der Waals surface area (Å²) in [6.07, 6.45) is -0.787. The van der Waals surface area contributed by atoms with Crippen LogP contribution in [0.3, 0.4) is 0 Å². The fourth-order valence-electron chi connectivity index (χ4n) is 1.74. The Kier molecular flexibility index (Phi) is 5.26. The number of rotatable bonds is 4. The van der Waals surface area contributed by atoms with Crippen molar-refractivity contribution in [3.05, 3.63) is 58.1 Å². The average molecular weight is 335 g/mol. The monoisotopic (exact) mass is 334 g/mol. The van der Waals surface area contributed by atoms with Crippen molar-refractivity contribution in [2.45, 2.75) is 13.0 Å². The normalized spacial score (nSPS) is 11.4. The molecule has 0 fully saturated rings. The Hall–Kier alpha value is -2.22. The molecule has 2 rings (SSSR count). The van der Waals surface area contributed by atoms with Crippen LogP contribution < -0.4 is 10.1 Å². The molecule has 0 saturated carbocycles. The van der Waals surface area contributed by atoms with Crippen molar-refractivity contribution in [3.63, 3.8) is 0 Å². The Morgan fingerprint density at radius 3 is 2.68 bits per heavy atom. The lowest BCUT2D eigenvalue weighted by Crippen LogP contribution is -2.30. The van der Waals surface area contributed by atoms with E-state index in [1.54, 1.807) is 43.3 Å². The van der Waals surface area contributed by atoms with E-state index in [-0.39, 0.29) is 5.91 Å².